The van der Waals surface area contributed by atoms with Crippen LogP contribution in [0.25, 0.3) is 0 Å². The van der Waals surface area contributed by atoms with Gasteiger partial charge in [-0.05, 0) is 18.8 Å². The third-order valence-electron chi connectivity index (χ3n) is 3.92. The summed E-state index contributed by atoms with van der Waals surface area (Å²) in [6, 6.07) is 0.957. The van der Waals surface area contributed by atoms with Crippen molar-refractivity contribution in [3.05, 3.63) is 6.07 Å². The highest BCUT2D eigenvalue weighted by molar-refractivity contribution is 5.77. The Hall–Kier alpha value is -2.05. The number of rotatable bonds is 5. The van der Waals surface area contributed by atoms with Crippen molar-refractivity contribution in [2.24, 2.45) is 5.92 Å². The van der Waals surface area contributed by atoms with Crippen molar-refractivity contribution < 1.29 is 19.4 Å². The van der Waals surface area contributed by atoms with Gasteiger partial charge in [0.1, 0.15) is 6.04 Å². The summed E-state index contributed by atoms with van der Waals surface area (Å²) < 4.78 is 10.2. The van der Waals surface area contributed by atoms with Gasteiger partial charge in [-0.15, -0.1) is 0 Å². The summed E-state index contributed by atoms with van der Waals surface area (Å²) in [5.41, 5.74) is 0. The van der Waals surface area contributed by atoms with Gasteiger partial charge in [0.2, 0.25) is 17.7 Å². The van der Waals surface area contributed by atoms with E-state index in [-0.39, 0.29) is 0 Å². The predicted octanol–water partition coefficient (Wildman–Crippen LogP) is 1.57. The van der Waals surface area contributed by atoms with Crippen LogP contribution in [0.2, 0.25) is 0 Å². The first-order valence-electron chi connectivity index (χ1n) is 7.05. The molecule has 7 heteroatoms. The number of ether oxygens (including phenoxy) is 2. The zero-order valence-corrected chi connectivity index (χ0v) is 12.6. The zero-order valence-electron chi connectivity index (χ0n) is 12.6. The number of hydrogen-bond acceptors (Lipinski definition) is 6. The Labute approximate surface area is 123 Å². The predicted molar refractivity (Wildman–Crippen MR) is 76.9 cm³/mol. The molecule has 2 heterocycles. The van der Waals surface area contributed by atoms with Gasteiger partial charge >= 0.3 is 5.97 Å². The van der Waals surface area contributed by atoms with E-state index in [4.69, 9.17) is 9.47 Å². The second-order valence-corrected chi connectivity index (χ2v) is 5.10. The molecule has 1 aromatic rings. The molecule has 1 fully saturated rings. The van der Waals surface area contributed by atoms with Crippen LogP contribution in [0.4, 0.5) is 5.95 Å². The van der Waals surface area contributed by atoms with Crippen LogP contribution < -0.4 is 14.4 Å². The third-order valence-corrected chi connectivity index (χ3v) is 3.92. The zero-order chi connectivity index (χ0) is 15.4. The van der Waals surface area contributed by atoms with E-state index in [0.717, 1.165) is 12.8 Å². The first kappa shape index (κ1) is 15.3. The van der Waals surface area contributed by atoms with E-state index in [0.29, 0.717) is 36.6 Å². The van der Waals surface area contributed by atoms with Crippen LogP contribution in [0.15, 0.2) is 6.07 Å². The van der Waals surface area contributed by atoms with Crippen LogP contribution in [0, 0.1) is 5.92 Å². The van der Waals surface area contributed by atoms with E-state index in [1.807, 2.05) is 0 Å². The number of carboxylic acids is 1. The van der Waals surface area contributed by atoms with Crippen molar-refractivity contribution in [1.82, 2.24) is 9.97 Å². The van der Waals surface area contributed by atoms with E-state index in [9.17, 15) is 9.90 Å². The number of aromatic nitrogens is 2. The lowest BCUT2D eigenvalue weighted by molar-refractivity contribution is -0.139. The quantitative estimate of drug-likeness (QED) is 0.882. The van der Waals surface area contributed by atoms with Crippen LogP contribution in [0.3, 0.4) is 0 Å². The maximum Gasteiger partial charge on any atom is 0.326 e. The largest absolute Gasteiger partial charge is 0.481 e. The maximum absolute atomic E-state index is 11.5. The molecule has 7 nitrogen and oxygen atoms in total. The normalized spacial score (nSPS) is 22.0. The summed E-state index contributed by atoms with van der Waals surface area (Å²) in [6.45, 7) is 2.70. The molecule has 2 unspecified atom stereocenters. The molecule has 1 aromatic heterocycles. The van der Waals surface area contributed by atoms with E-state index >= 15 is 0 Å². The highest BCUT2D eigenvalue weighted by Crippen LogP contribution is 2.30. The fourth-order valence-corrected chi connectivity index (χ4v) is 2.61. The Morgan fingerprint density at radius 3 is 2.48 bits per heavy atom. The van der Waals surface area contributed by atoms with Gasteiger partial charge < -0.3 is 19.5 Å². The maximum atomic E-state index is 11.5. The molecule has 21 heavy (non-hydrogen) atoms. The molecule has 0 aliphatic carbocycles. The smallest absolute Gasteiger partial charge is 0.326 e. The van der Waals surface area contributed by atoms with Gasteiger partial charge in [0.25, 0.3) is 0 Å². The van der Waals surface area contributed by atoms with Gasteiger partial charge in [0, 0.05) is 6.54 Å². The van der Waals surface area contributed by atoms with Gasteiger partial charge in [0.05, 0.1) is 20.3 Å². The molecular formula is C14H21N3O4. The van der Waals surface area contributed by atoms with E-state index in [1.54, 1.807) is 11.0 Å². The van der Waals surface area contributed by atoms with Gasteiger partial charge in [-0.25, -0.2) is 4.79 Å². The average molecular weight is 295 g/mol. The number of aliphatic carboxylic acids is 1. The number of anilines is 1. The highest BCUT2D eigenvalue weighted by atomic mass is 16.5. The van der Waals surface area contributed by atoms with Crippen LogP contribution in [-0.2, 0) is 4.79 Å². The molecule has 0 amide bonds. The van der Waals surface area contributed by atoms with Crippen molar-refractivity contribution >= 4 is 11.9 Å². The second kappa shape index (κ2) is 6.60. The van der Waals surface area contributed by atoms with Gasteiger partial charge in [-0.2, -0.15) is 9.97 Å². The minimum Gasteiger partial charge on any atom is -0.481 e. The first-order valence-corrected chi connectivity index (χ1v) is 7.05. The van der Waals surface area contributed by atoms with Crippen molar-refractivity contribution in [2.45, 2.75) is 32.2 Å². The van der Waals surface area contributed by atoms with Crippen molar-refractivity contribution in [3.8, 4) is 11.8 Å². The Bertz CT molecular complexity index is 487. The molecule has 1 N–H and O–H groups in total. The summed E-state index contributed by atoms with van der Waals surface area (Å²) in [4.78, 5) is 21.8. The third kappa shape index (κ3) is 3.34. The fraction of sp³-hybridized carbons (Fsp3) is 0.643. The molecule has 116 valence electrons. The van der Waals surface area contributed by atoms with Crippen molar-refractivity contribution in [2.75, 3.05) is 25.7 Å². The molecule has 1 aliphatic rings. The van der Waals surface area contributed by atoms with E-state index in [1.165, 1.54) is 14.2 Å². The number of hydrogen-bond donors (Lipinski definition) is 1. The number of carboxylic acid groups (broad SMARTS) is 1. The minimum absolute atomic E-state index is 0.341. The molecule has 1 saturated heterocycles. The van der Waals surface area contributed by atoms with Gasteiger partial charge in [-0.3, -0.25) is 0 Å². The second-order valence-electron chi connectivity index (χ2n) is 5.10. The lowest BCUT2D eigenvalue weighted by Crippen LogP contribution is -2.48. The molecule has 2 rings (SSSR count). The molecule has 0 bridgehead atoms. The molecule has 0 aromatic carbocycles. The molecule has 0 spiro atoms. The Morgan fingerprint density at radius 1 is 1.38 bits per heavy atom. The lowest BCUT2D eigenvalue weighted by atomic mass is 9.89. The summed E-state index contributed by atoms with van der Waals surface area (Å²) in [5.74, 6) is 0.638. The monoisotopic (exact) mass is 295 g/mol. The Balaban J connectivity index is 2.32. The summed E-state index contributed by atoms with van der Waals surface area (Å²) >= 11 is 0. The summed E-state index contributed by atoms with van der Waals surface area (Å²) in [7, 11) is 3.01. The molecule has 0 saturated carbocycles. The van der Waals surface area contributed by atoms with Crippen molar-refractivity contribution in [3.63, 3.8) is 0 Å². The molecule has 2 atom stereocenters. The fourth-order valence-electron chi connectivity index (χ4n) is 2.61. The Kier molecular flexibility index (Phi) is 4.82. The molecule has 0 radical (unpaired) electrons. The number of carbonyl (C=O) groups is 1. The number of nitrogens with zero attached hydrogens (tertiary/aromatic N) is 3. The SMILES string of the molecule is CCC1CCN(c2nc(OC)cc(OC)n2)C(C(=O)O)C1. The Morgan fingerprint density at radius 2 is 2.00 bits per heavy atom. The van der Waals surface area contributed by atoms with Crippen LogP contribution in [-0.4, -0.2) is 47.8 Å². The van der Waals surface area contributed by atoms with Crippen LogP contribution in [0.1, 0.15) is 26.2 Å². The molecular weight excluding hydrogens is 274 g/mol. The van der Waals surface area contributed by atoms with Crippen LogP contribution >= 0.6 is 0 Å². The van der Waals surface area contributed by atoms with Gasteiger partial charge in [-0.1, -0.05) is 13.3 Å². The van der Waals surface area contributed by atoms with Crippen molar-refractivity contribution in [1.29, 1.82) is 0 Å². The van der Waals surface area contributed by atoms with Crippen LogP contribution in [0.5, 0.6) is 11.8 Å². The molecule has 1 aliphatic heterocycles. The summed E-state index contributed by atoms with van der Waals surface area (Å²) in [5, 5.41) is 9.48. The minimum atomic E-state index is -0.849. The number of methoxy groups -OCH3 is 2. The average Bonchev–Trinajstić information content (AvgIpc) is 2.53. The van der Waals surface area contributed by atoms with E-state index < -0.39 is 12.0 Å². The topological polar surface area (TPSA) is 84.8 Å². The standard InChI is InChI=1S/C14H21N3O4/c1-4-9-5-6-17(10(7-9)13(18)19)14-15-11(20-2)8-12(16-14)21-3/h8-10H,4-7H2,1-3H3,(H,18,19). The highest BCUT2D eigenvalue weighted by Gasteiger charge is 2.34. The first-order chi connectivity index (χ1) is 10.1. The van der Waals surface area contributed by atoms with Gasteiger partial charge in [0.15, 0.2) is 0 Å². The van der Waals surface area contributed by atoms with E-state index in [2.05, 4.69) is 16.9 Å². The number of piperidine rings is 1. The summed E-state index contributed by atoms with van der Waals surface area (Å²) in [6.07, 6.45) is 2.53. The lowest BCUT2D eigenvalue weighted by Gasteiger charge is -2.36.